The van der Waals surface area contributed by atoms with Crippen LogP contribution >= 0.6 is 0 Å². The van der Waals surface area contributed by atoms with Crippen LogP contribution in [-0.4, -0.2) is 47.3 Å². The van der Waals surface area contributed by atoms with Crippen LogP contribution in [0.2, 0.25) is 0 Å². The fraction of sp³-hybridized carbons (Fsp3) is 0.929. The zero-order chi connectivity index (χ0) is 13.0. The van der Waals surface area contributed by atoms with Gasteiger partial charge in [0.25, 0.3) is 0 Å². The van der Waals surface area contributed by atoms with Crippen molar-refractivity contribution in [3.8, 4) is 0 Å². The van der Waals surface area contributed by atoms with E-state index < -0.39 is 5.97 Å². The van der Waals surface area contributed by atoms with E-state index >= 15 is 0 Å². The van der Waals surface area contributed by atoms with Crippen LogP contribution in [0.4, 0.5) is 0 Å². The molecule has 1 atom stereocenters. The van der Waals surface area contributed by atoms with Gasteiger partial charge in [-0.15, -0.1) is 0 Å². The van der Waals surface area contributed by atoms with E-state index in [2.05, 4.69) is 6.92 Å². The van der Waals surface area contributed by atoms with Gasteiger partial charge in [-0.25, -0.2) is 0 Å². The highest BCUT2D eigenvalue weighted by molar-refractivity contribution is 5.69. The minimum Gasteiger partial charge on any atom is -0.480 e. The second kappa shape index (κ2) is 6.02. The smallest absolute Gasteiger partial charge is 0.317 e. The molecule has 1 spiro atoms. The Morgan fingerprint density at radius 3 is 2.72 bits per heavy atom. The summed E-state index contributed by atoms with van der Waals surface area (Å²) >= 11 is 0. The van der Waals surface area contributed by atoms with Crippen LogP contribution in [0.1, 0.15) is 51.9 Å². The molecule has 0 aromatic heterocycles. The van der Waals surface area contributed by atoms with Crippen LogP contribution in [0.5, 0.6) is 0 Å². The molecule has 1 aliphatic carbocycles. The highest BCUT2D eigenvalue weighted by Gasteiger charge is 2.42. The predicted octanol–water partition coefficient (Wildman–Crippen LogP) is 2.27. The number of aliphatic carboxylic acids is 1. The normalized spacial score (nSPS) is 26.2. The standard InChI is InChI=1S/C14H25NO3/c1-2-9-15(11-13(16)17)10-12-5-8-14(18-12)6-3-4-7-14/h12H,2-11H2,1H3,(H,16,17). The molecule has 1 saturated heterocycles. The molecule has 1 N–H and O–H groups in total. The Bertz CT molecular complexity index is 287. The fourth-order valence-electron chi connectivity index (χ4n) is 3.44. The van der Waals surface area contributed by atoms with Gasteiger partial charge in [0.05, 0.1) is 18.2 Å². The Kier molecular flexibility index (Phi) is 4.62. The maximum atomic E-state index is 10.8. The van der Waals surface area contributed by atoms with E-state index in [4.69, 9.17) is 9.84 Å². The summed E-state index contributed by atoms with van der Waals surface area (Å²) in [5.74, 6) is -0.739. The Hall–Kier alpha value is -0.610. The highest BCUT2D eigenvalue weighted by atomic mass is 16.5. The van der Waals surface area contributed by atoms with Gasteiger partial charge in [-0.1, -0.05) is 19.8 Å². The number of hydrogen-bond donors (Lipinski definition) is 1. The Morgan fingerprint density at radius 2 is 2.11 bits per heavy atom. The van der Waals surface area contributed by atoms with Gasteiger partial charge >= 0.3 is 5.97 Å². The number of carbonyl (C=O) groups is 1. The van der Waals surface area contributed by atoms with Gasteiger partial charge in [0.2, 0.25) is 0 Å². The number of rotatable bonds is 6. The molecule has 2 rings (SSSR count). The van der Waals surface area contributed by atoms with E-state index in [0.29, 0.717) is 0 Å². The van der Waals surface area contributed by atoms with Gasteiger partial charge in [-0.05, 0) is 38.6 Å². The van der Waals surface area contributed by atoms with Crippen LogP contribution in [0.25, 0.3) is 0 Å². The number of carboxylic acids is 1. The van der Waals surface area contributed by atoms with Crippen LogP contribution in [0.15, 0.2) is 0 Å². The molecule has 0 bridgehead atoms. The van der Waals surface area contributed by atoms with Crippen molar-refractivity contribution >= 4 is 5.97 Å². The molecule has 1 saturated carbocycles. The predicted molar refractivity (Wildman–Crippen MR) is 69.7 cm³/mol. The average molecular weight is 255 g/mol. The van der Waals surface area contributed by atoms with E-state index in [9.17, 15) is 4.79 Å². The van der Waals surface area contributed by atoms with Crippen molar-refractivity contribution in [2.24, 2.45) is 0 Å². The molecule has 1 aliphatic heterocycles. The minimum atomic E-state index is -0.739. The second-order valence-corrected chi connectivity index (χ2v) is 5.80. The van der Waals surface area contributed by atoms with Crippen molar-refractivity contribution in [1.29, 1.82) is 0 Å². The van der Waals surface area contributed by atoms with E-state index in [-0.39, 0.29) is 18.2 Å². The SMILES string of the molecule is CCCN(CC(=O)O)CC1CCC2(CCCC2)O1. The monoisotopic (exact) mass is 255 g/mol. The highest BCUT2D eigenvalue weighted by Crippen LogP contribution is 2.43. The molecule has 18 heavy (non-hydrogen) atoms. The average Bonchev–Trinajstić information content (AvgIpc) is 2.90. The second-order valence-electron chi connectivity index (χ2n) is 5.80. The molecular formula is C14H25NO3. The van der Waals surface area contributed by atoms with Crippen molar-refractivity contribution in [2.45, 2.75) is 63.6 Å². The van der Waals surface area contributed by atoms with Crippen LogP contribution in [0, 0.1) is 0 Å². The number of ether oxygens (including phenoxy) is 1. The number of nitrogens with zero attached hydrogens (tertiary/aromatic N) is 1. The molecule has 1 heterocycles. The van der Waals surface area contributed by atoms with Crippen molar-refractivity contribution in [2.75, 3.05) is 19.6 Å². The third-order valence-corrected chi connectivity index (χ3v) is 4.21. The van der Waals surface area contributed by atoms with Crippen LogP contribution in [0.3, 0.4) is 0 Å². The molecular weight excluding hydrogens is 230 g/mol. The van der Waals surface area contributed by atoms with Crippen molar-refractivity contribution in [3.05, 3.63) is 0 Å². The first-order valence-corrected chi connectivity index (χ1v) is 7.25. The van der Waals surface area contributed by atoms with Crippen molar-refractivity contribution in [1.82, 2.24) is 4.90 Å². The van der Waals surface area contributed by atoms with Crippen LogP contribution in [-0.2, 0) is 9.53 Å². The molecule has 2 fully saturated rings. The molecule has 2 aliphatic rings. The summed E-state index contributed by atoms with van der Waals surface area (Å²) in [5.41, 5.74) is 0.159. The molecule has 4 heteroatoms. The van der Waals surface area contributed by atoms with Crippen molar-refractivity contribution in [3.63, 3.8) is 0 Å². The lowest BCUT2D eigenvalue weighted by molar-refractivity contribution is -0.138. The number of hydrogen-bond acceptors (Lipinski definition) is 3. The summed E-state index contributed by atoms with van der Waals surface area (Å²) in [6, 6.07) is 0. The lowest BCUT2D eigenvalue weighted by Gasteiger charge is -2.27. The summed E-state index contributed by atoms with van der Waals surface area (Å²) < 4.78 is 6.23. The van der Waals surface area contributed by atoms with E-state index in [1.807, 2.05) is 4.90 Å². The first-order chi connectivity index (χ1) is 8.63. The Balaban J connectivity index is 1.82. The largest absolute Gasteiger partial charge is 0.480 e. The quantitative estimate of drug-likeness (QED) is 0.791. The van der Waals surface area contributed by atoms with E-state index in [0.717, 1.165) is 25.9 Å². The van der Waals surface area contributed by atoms with Gasteiger partial charge in [0.1, 0.15) is 0 Å². The zero-order valence-electron chi connectivity index (χ0n) is 11.4. The first-order valence-electron chi connectivity index (χ1n) is 7.25. The topological polar surface area (TPSA) is 49.8 Å². The third kappa shape index (κ3) is 3.45. The van der Waals surface area contributed by atoms with E-state index in [1.165, 1.54) is 32.1 Å². The zero-order valence-corrected chi connectivity index (χ0v) is 11.4. The third-order valence-electron chi connectivity index (χ3n) is 4.21. The number of carboxylic acid groups (broad SMARTS) is 1. The van der Waals surface area contributed by atoms with Gasteiger partial charge in [-0.2, -0.15) is 0 Å². The molecule has 104 valence electrons. The summed E-state index contributed by atoms with van der Waals surface area (Å²) in [6.07, 6.45) is 8.50. The maximum absolute atomic E-state index is 10.8. The minimum absolute atomic E-state index is 0.140. The van der Waals surface area contributed by atoms with Gasteiger partial charge in [0, 0.05) is 6.54 Å². The Morgan fingerprint density at radius 1 is 1.39 bits per heavy atom. The first kappa shape index (κ1) is 13.8. The van der Waals surface area contributed by atoms with Gasteiger partial charge in [0.15, 0.2) is 0 Å². The molecule has 0 radical (unpaired) electrons. The van der Waals surface area contributed by atoms with E-state index in [1.54, 1.807) is 0 Å². The molecule has 1 unspecified atom stereocenters. The van der Waals surface area contributed by atoms with Crippen molar-refractivity contribution < 1.29 is 14.6 Å². The fourth-order valence-corrected chi connectivity index (χ4v) is 3.44. The summed E-state index contributed by atoms with van der Waals surface area (Å²) in [7, 11) is 0. The van der Waals surface area contributed by atoms with Crippen LogP contribution < -0.4 is 0 Å². The summed E-state index contributed by atoms with van der Waals surface area (Å²) in [4.78, 5) is 12.8. The lowest BCUT2D eigenvalue weighted by atomic mass is 9.98. The molecule has 0 aromatic carbocycles. The Labute approximate surface area is 109 Å². The summed E-state index contributed by atoms with van der Waals surface area (Å²) in [6.45, 7) is 3.85. The maximum Gasteiger partial charge on any atom is 0.317 e. The van der Waals surface area contributed by atoms with Gasteiger partial charge in [-0.3, -0.25) is 9.69 Å². The lowest BCUT2D eigenvalue weighted by Crippen LogP contribution is -2.38. The molecule has 0 aromatic rings. The molecule has 4 nitrogen and oxygen atoms in total. The van der Waals surface area contributed by atoms with Gasteiger partial charge < -0.3 is 9.84 Å². The molecule has 0 amide bonds. The summed E-state index contributed by atoms with van der Waals surface area (Å²) in [5, 5.41) is 8.91.